The first-order valence-electron chi connectivity index (χ1n) is 6.04. The van der Waals surface area contributed by atoms with Crippen LogP contribution in [0.25, 0.3) is 0 Å². The zero-order valence-electron chi connectivity index (χ0n) is 11.0. The molecule has 1 atom stereocenters. The predicted molar refractivity (Wildman–Crippen MR) is 72.7 cm³/mol. The van der Waals surface area contributed by atoms with E-state index < -0.39 is 5.97 Å². The fourth-order valence-electron chi connectivity index (χ4n) is 2.19. The van der Waals surface area contributed by atoms with Crippen molar-refractivity contribution in [3.05, 3.63) is 23.8 Å². The molecule has 1 aliphatic rings. The summed E-state index contributed by atoms with van der Waals surface area (Å²) in [5.41, 5.74) is 7.36. The number of amides is 1. The maximum atomic E-state index is 12.1. The number of rotatable bonds is 3. The number of benzene rings is 1. The average Bonchev–Trinajstić information content (AvgIpc) is 2.33. The average molecular weight is 263 g/mol. The zero-order chi connectivity index (χ0) is 14.2. The van der Waals surface area contributed by atoms with Crippen LogP contribution in [-0.4, -0.2) is 43.2 Å². The van der Waals surface area contributed by atoms with Gasteiger partial charge in [-0.15, -0.1) is 0 Å². The monoisotopic (exact) mass is 263 g/mol. The van der Waals surface area contributed by atoms with Crippen molar-refractivity contribution < 1.29 is 14.7 Å². The van der Waals surface area contributed by atoms with Crippen LogP contribution < -0.4 is 15.5 Å². The van der Waals surface area contributed by atoms with Gasteiger partial charge in [-0.05, 0) is 25.1 Å². The summed E-state index contributed by atoms with van der Waals surface area (Å²) in [7, 11) is 1.81. The molecule has 0 saturated carbocycles. The Balaban J connectivity index is 2.49. The van der Waals surface area contributed by atoms with Crippen LogP contribution in [0.3, 0.4) is 0 Å². The Kier molecular flexibility index (Phi) is 3.44. The van der Waals surface area contributed by atoms with Crippen molar-refractivity contribution in [2.45, 2.75) is 13.0 Å². The number of carboxylic acids is 1. The van der Waals surface area contributed by atoms with Crippen LogP contribution in [0.4, 0.5) is 11.4 Å². The lowest BCUT2D eigenvalue weighted by Gasteiger charge is -2.36. The molecule has 1 heterocycles. The fourth-order valence-corrected chi connectivity index (χ4v) is 2.19. The Morgan fingerprint density at radius 1 is 1.47 bits per heavy atom. The number of anilines is 2. The number of likely N-dealkylation sites (N-methyl/N-ethyl adjacent to an activating group) is 1. The second kappa shape index (κ2) is 4.89. The number of carbonyl (C=O) groups is 2. The van der Waals surface area contributed by atoms with Gasteiger partial charge in [-0.3, -0.25) is 4.79 Å². The third kappa shape index (κ3) is 2.53. The summed E-state index contributed by atoms with van der Waals surface area (Å²) < 4.78 is 0. The van der Waals surface area contributed by atoms with E-state index in [9.17, 15) is 9.59 Å². The van der Waals surface area contributed by atoms with Crippen LogP contribution in [0.5, 0.6) is 0 Å². The third-order valence-electron chi connectivity index (χ3n) is 3.07. The Labute approximate surface area is 111 Å². The van der Waals surface area contributed by atoms with Gasteiger partial charge in [0.15, 0.2) is 0 Å². The molecule has 1 aromatic carbocycles. The lowest BCUT2D eigenvalue weighted by Crippen LogP contribution is -2.48. The van der Waals surface area contributed by atoms with E-state index in [2.05, 4.69) is 0 Å². The molecule has 19 heavy (non-hydrogen) atoms. The van der Waals surface area contributed by atoms with Crippen LogP contribution in [0, 0.1) is 0 Å². The Morgan fingerprint density at radius 2 is 2.16 bits per heavy atom. The SMILES string of the molecule is CC(N)CN1C(=O)CN(C)c2ccc(C(=O)O)cc21. The minimum atomic E-state index is -1.01. The minimum absolute atomic E-state index is 0.0742. The highest BCUT2D eigenvalue weighted by molar-refractivity contribution is 6.04. The first kappa shape index (κ1) is 13.4. The molecule has 1 aromatic rings. The highest BCUT2D eigenvalue weighted by Gasteiger charge is 2.28. The van der Waals surface area contributed by atoms with Gasteiger partial charge < -0.3 is 20.6 Å². The summed E-state index contributed by atoms with van der Waals surface area (Å²) in [5.74, 6) is -1.08. The van der Waals surface area contributed by atoms with E-state index in [1.807, 2.05) is 6.92 Å². The van der Waals surface area contributed by atoms with Crippen LogP contribution in [0.2, 0.25) is 0 Å². The molecule has 102 valence electrons. The summed E-state index contributed by atoms with van der Waals surface area (Å²) >= 11 is 0. The van der Waals surface area contributed by atoms with Gasteiger partial charge in [0.2, 0.25) is 5.91 Å². The van der Waals surface area contributed by atoms with Gasteiger partial charge >= 0.3 is 5.97 Å². The molecule has 0 aliphatic carbocycles. The van der Waals surface area contributed by atoms with E-state index in [0.29, 0.717) is 12.2 Å². The highest BCUT2D eigenvalue weighted by atomic mass is 16.4. The van der Waals surface area contributed by atoms with Gasteiger partial charge in [-0.2, -0.15) is 0 Å². The lowest BCUT2D eigenvalue weighted by molar-refractivity contribution is -0.117. The van der Waals surface area contributed by atoms with Gasteiger partial charge in [-0.25, -0.2) is 4.79 Å². The summed E-state index contributed by atoms with van der Waals surface area (Å²) in [6.45, 7) is 2.46. The summed E-state index contributed by atoms with van der Waals surface area (Å²) in [5, 5.41) is 9.04. The molecule has 6 nitrogen and oxygen atoms in total. The largest absolute Gasteiger partial charge is 0.478 e. The first-order chi connectivity index (χ1) is 8.90. The number of hydrogen-bond acceptors (Lipinski definition) is 4. The topological polar surface area (TPSA) is 86.9 Å². The molecule has 6 heteroatoms. The van der Waals surface area contributed by atoms with Crippen molar-refractivity contribution in [2.24, 2.45) is 5.73 Å². The van der Waals surface area contributed by atoms with Crippen molar-refractivity contribution in [2.75, 3.05) is 29.9 Å². The van der Waals surface area contributed by atoms with Gasteiger partial charge in [-0.1, -0.05) is 0 Å². The first-order valence-corrected chi connectivity index (χ1v) is 6.04. The molecule has 0 radical (unpaired) electrons. The molecular formula is C13H17N3O3. The Hall–Kier alpha value is -2.08. The van der Waals surface area contributed by atoms with Crippen LogP contribution in [0.1, 0.15) is 17.3 Å². The number of nitrogens with two attached hydrogens (primary N) is 1. The number of carbonyl (C=O) groups excluding carboxylic acids is 1. The standard InChI is InChI=1S/C13H17N3O3/c1-8(14)6-16-11-5-9(13(18)19)3-4-10(11)15(2)7-12(16)17/h3-5,8H,6-7,14H2,1-2H3,(H,18,19). The quantitative estimate of drug-likeness (QED) is 0.830. The molecule has 0 fully saturated rings. The van der Waals surface area contributed by atoms with Gasteiger partial charge in [0, 0.05) is 19.6 Å². The van der Waals surface area contributed by atoms with E-state index in [4.69, 9.17) is 10.8 Å². The van der Waals surface area contributed by atoms with E-state index >= 15 is 0 Å². The van der Waals surface area contributed by atoms with Crippen LogP contribution in [-0.2, 0) is 4.79 Å². The number of carboxylic acid groups (broad SMARTS) is 1. The van der Waals surface area contributed by atoms with Gasteiger partial charge in [0.05, 0.1) is 23.5 Å². The number of nitrogens with zero attached hydrogens (tertiary/aromatic N) is 2. The minimum Gasteiger partial charge on any atom is -0.478 e. The molecule has 3 N–H and O–H groups in total. The van der Waals surface area contributed by atoms with Crippen LogP contribution >= 0.6 is 0 Å². The van der Waals surface area contributed by atoms with Crippen LogP contribution in [0.15, 0.2) is 18.2 Å². The predicted octanol–water partition coefficient (Wildman–Crippen LogP) is 0.515. The maximum Gasteiger partial charge on any atom is 0.335 e. The van der Waals surface area contributed by atoms with Crippen molar-refractivity contribution in [1.29, 1.82) is 0 Å². The zero-order valence-corrected chi connectivity index (χ0v) is 11.0. The van der Waals surface area contributed by atoms with Crippen molar-refractivity contribution in [3.8, 4) is 0 Å². The van der Waals surface area contributed by atoms with E-state index in [-0.39, 0.29) is 24.1 Å². The molecule has 2 rings (SSSR count). The van der Waals surface area contributed by atoms with E-state index in [0.717, 1.165) is 5.69 Å². The number of fused-ring (bicyclic) bond motifs is 1. The van der Waals surface area contributed by atoms with Crippen molar-refractivity contribution >= 4 is 23.3 Å². The fraction of sp³-hybridized carbons (Fsp3) is 0.385. The van der Waals surface area contributed by atoms with Gasteiger partial charge in [0.1, 0.15) is 0 Å². The van der Waals surface area contributed by atoms with Crippen molar-refractivity contribution in [3.63, 3.8) is 0 Å². The number of aromatic carboxylic acids is 1. The van der Waals surface area contributed by atoms with Gasteiger partial charge in [0.25, 0.3) is 0 Å². The molecule has 1 unspecified atom stereocenters. The number of hydrogen-bond donors (Lipinski definition) is 2. The van der Waals surface area contributed by atoms with E-state index in [1.165, 1.54) is 12.1 Å². The molecule has 0 spiro atoms. The molecular weight excluding hydrogens is 246 g/mol. The molecule has 0 saturated heterocycles. The second-order valence-corrected chi connectivity index (χ2v) is 4.85. The smallest absolute Gasteiger partial charge is 0.335 e. The highest BCUT2D eigenvalue weighted by Crippen LogP contribution is 2.33. The normalized spacial score (nSPS) is 16.3. The summed E-state index contributed by atoms with van der Waals surface area (Å²) in [6, 6.07) is 4.61. The Morgan fingerprint density at radius 3 is 2.74 bits per heavy atom. The Bertz CT molecular complexity index is 528. The van der Waals surface area contributed by atoms with Crippen molar-refractivity contribution in [1.82, 2.24) is 0 Å². The maximum absolute atomic E-state index is 12.1. The lowest BCUT2D eigenvalue weighted by atomic mass is 10.1. The van der Waals surface area contributed by atoms with E-state index in [1.54, 1.807) is 22.9 Å². The third-order valence-corrected chi connectivity index (χ3v) is 3.07. The summed E-state index contributed by atoms with van der Waals surface area (Å²) in [4.78, 5) is 26.5. The molecule has 0 bridgehead atoms. The second-order valence-electron chi connectivity index (χ2n) is 4.85. The summed E-state index contributed by atoms with van der Waals surface area (Å²) in [6.07, 6.45) is 0. The molecule has 0 aromatic heterocycles. The molecule has 1 aliphatic heterocycles. The molecule has 1 amide bonds.